The molecule has 0 aliphatic rings. The Hall–Kier alpha value is -3.73. The number of aryl methyl sites for hydroxylation is 1. The van der Waals surface area contributed by atoms with Gasteiger partial charge in [-0.1, -0.05) is 6.07 Å². The molecule has 0 bridgehead atoms. The topological polar surface area (TPSA) is 51.9 Å². The van der Waals surface area contributed by atoms with Crippen LogP contribution in [0.2, 0.25) is 0 Å². The van der Waals surface area contributed by atoms with Crippen molar-refractivity contribution in [2.75, 3.05) is 0 Å². The maximum absolute atomic E-state index is 12.9. The van der Waals surface area contributed by atoms with Crippen molar-refractivity contribution in [1.29, 1.82) is 0 Å². The van der Waals surface area contributed by atoms with Gasteiger partial charge in [-0.15, -0.1) is 6.42 Å². The van der Waals surface area contributed by atoms with E-state index in [1.54, 1.807) is 11.7 Å². The standard InChI is InChI=1S/C21H15F3N4O/c1-3-19(29)25-11-13-4-9-18-16(10-13)17-12-27(2)26-20(17)28(18)15-7-5-14(6-8-15)21(22,23)24/h1,4-10,12H,11H2,2H3,(H,25,29). The van der Waals surface area contributed by atoms with Crippen molar-refractivity contribution in [2.24, 2.45) is 7.05 Å². The Kier molecular flexibility index (Phi) is 4.31. The molecule has 29 heavy (non-hydrogen) atoms. The quantitative estimate of drug-likeness (QED) is 0.536. The Labute approximate surface area is 163 Å². The van der Waals surface area contributed by atoms with Crippen LogP contribution in [0.1, 0.15) is 11.1 Å². The van der Waals surface area contributed by atoms with Crippen LogP contribution in [0.15, 0.2) is 48.7 Å². The predicted molar refractivity (Wildman–Crippen MR) is 103 cm³/mol. The van der Waals surface area contributed by atoms with Crippen LogP contribution in [-0.2, 0) is 24.6 Å². The van der Waals surface area contributed by atoms with E-state index in [0.29, 0.717) is 11.3 Å². The number of hydrogen-bond donors (Lipinski definition) is 1. The second kappa shape index (κ2) is 6.71. The monoisotopic (exact) mass is 396 g/mol. The van der Waals surface area contributed by atoms with Crippen molar-refractivity contribution < 1.29 is 18.0 Å². The number of aromatic nitrogens is 3. The summed E-state index contributed by atoms with van der Waals surface area (Å²) in [6, 6.07) is 10.6. The molecule has 8 heteroatoms. The molecule has 4 rings (SSSR count). The lowest BCUT2D eigenvalue weighted by Gasteiger charge is -2.10. The minimum Gasteiger partial charge on any atom is -0.341 e. The van der Waals surface area contributed by atoms with Gasteiger partial charge in [0.1, 0.15) is 0 Å². The summed E-state index contributed by atoms with van der Waals surface area (Å²) in [7, 11) is 1.78. The number of halogens is 3. The van der Waals surface area contributed by atoms with Gasteiger partial charge in [-0.3, -0.25) is 14.0 Å². The number of nitrogens with one attached hydrogen (secondary N) is 1. The molecule has 2 heterocycles. The van der Waals surface area contributed by atoms with Gasteiger partial charge in [0.05, 0.1) is 11.1 Å². The number of amides is 1. The average molecular weight is 396 g/mol. The van der Waals surface area contributed by atoms with Crippen LogP contribution in [0, 0.1) is 12.3 Å². The van der Waals surface area contributed by atoms with Crippen LogP contribution in [0.5, 0.6) is 0 Å². The van der Waals surface area contributed by atoms with E-state index in [-0.39, 0.29) is 6.54 Å². The summed E-state index contributed by atoms with van der Waals surface area (Å²) in [5.41, 5.74) is 2.14. The zero-order valence-electron chi connectivity index (χ0n) is 15.3. The third kappa shape index (κ3) is 3.31. The molecule has 1 N–H and O–H groups in total. The lowest BCUT2D eigenvalue weighted by molar-refractivity contribution is -0.137. The summed E-state index contributed by atoms with van der Waals surface area (Å²) < 4.78 is 42.2. The van der Waals surface area contributed by atoms with Gasteiger partial charge < -0.3 is 5.32 Å². The summed E-state index contributed by atoms with van der Waals surface area (Å²) in [4.78, 5) is 11.3. The summed E-state index contributed by atoms with van der Waals surface area (Å²) in [5.74, 6) is 1.50. The van der Waals surface area contributed by atoms with Crippen LogP contribution in [0.25, 0.3) is 27.6 Å². The second-order valence-corrected chi connectivity index (χ2v) is 6.60. The van der Waals surface area contributed by atoms with E-state index < -0.39 is 17.6 Å². The minimum atomic E-state index is -4.39. The van der Waals surface area contributed by atoms with E-state index in [4.69, 9.17) is 6.42 Å². The van der Waals surface area contributed by atoms with E-state index in [2.05, 4.69) is 10.4 Å². The maximum Gasteiger partial charge on any atom is 0.416 e. The molecule has 0 saturated heterocycles. The van der Waals surface area contributed by atoms with Crippen LogP contribution in [0.4, 0.5) is 13.2 Å². The van der Waals surface area contributed by atoms with E-state index >= 15 is 0 Å². The largest absolute Gasteiger partial charge is 0.416 e. The second-order valence-electron chi connectivity index (χ2n) is 6.60. The van der Waals surface area contributed by atoms with E-state index in [0.717, 1.165) is 34.0 Å². The van der Waals surface area contributed by atoms with Crippen LogP contribution in [-0.4, -0.2) is 20.3 Å². The average Bonchev–Trinajstić information content (AvgIpc) is 3.20. The first-order valence-corrected chi connectivity index (χ1v) is 8.66. The Morgan fingerprint density at radius 2 is 1.90 bits per heavy atom. The zero-order valence-corrected chi connectivity index (χ0v) is 15.3. The van der Waals surface area contributed by atoms with Gasteiger partial charge in [0.25, 0.3) is 5.91 Å². The van der Waals surface area contributed by atoms with Crippen molar-refractivity contribution in [3.8, 4) is 18.0 Å². The molecule has 0 atom stereocenters. The molecular formula is C21H15F3N4O. The SMILES string of the molecule is C#CC(=O)NCc1ccc2c(c1)c1cn(C)nc1n2-c1ccc(C(F)(F)F)cc1. The summed E-state index contributed by atoms with van der Waals surface area (Å²) in [5, 5.41) is 8.82. The maximum atomic E-state index is 12.9. The van der Waals surface area contributed by atoms with Crippen LogP contribution in [0.3, 0.4) is 0 Å². The number of fused-ring (bicyclic) bond motifs is 3. The van der Waals surface area contributed by atoms with E-state index in [1.165, 1.54) is 12.1 Å². The fraction of sp³-hybridized carbons (Fsp3) is 0.143. The highest BCUT2D eigenvalue weighted by atomic mass is 19.4. The molecule has 0 unspecified atom stereocenters. The molecule has 2 aromatic heterocycles. The van der Waals surface area contributed by atoms with Gasteiger partial charge in [0.15, 0.2) is 5.65 Å². The molecule has 0 fully saturated rings. The molecule has 146 valence electrons. The normalized spacial score (nSPS) is 11.7. The van der Waals surface area contributed by atoms with Gasteiger partial charge in [0.2, 0.25) is 0 Å². The Balaban J connectivity index is 1.85. The molecule has 0 spiro atoms. The first-order valence-electron chi connectivity index (χ1n) is 8.66. The van der Waals surface area contributed by atoms with Crippen LogP contribution >= 0.6 is 0 Å². The smallest absolute Gasteiger partial charge is 0.341 e. The Bertz CT molecular complexity index is 1270. The highest BCUT2D eigenvalue weighted by Crippen LogP contribution is 2.34. The number of terminal acetylenes is 1. The first kappa shape index (κ1) is 18.6. The predicted octanol–water partition coefficient (Wildman–Crippen LogP) is 3.79. The fourth-order valence-electron chi connectivity index (χ4n) is 3.34. The Morgan fingerprint density at radius 1 is 1.17 bits per heavy atom. The zero-order chi connectivity index (χ0) is 20.8. The van der Waals surface area contributed by atoms with E-state index in [1.807, 2.05) is 34.9 Å². The number of rotatable bonds is 3. The summed E-state index contributed by atoms with van der Waals surface area (Å²) in [6.07, 6.45) is 2.52. The Morgan fingerprint density at radius 3 is 2.55 bits per heavy atom. The molecule has 0 saturated carbocycles. The van der Waals surface area contributed by atoms with Gasteiger partial charge in [-0.2, -0.15) is 18.3 Å². The van der Waals surface area contributed by atoms with Crippen molar-refractivity contribution in [3.63, 3.8) is 0 Å². The highest BCUT2D eigenvalue weighted by Gasteiger charge is 2.30. The van der Waals surface area contributed by atoms with Crippen molar-refractivity contribution in [3.05, 3.63) is 59.8 Å². The van der Waals surface area contributed by atoms with Crippen molar-refractivity contribution in [2.45, 2.75) is 12.7 Å². The third-order valence-electron chi connectivity index (χ3n) is 4.65. The fourth-order valence-corrected chi connectivity index (χ4v) is 3.34. The van der Waals surface area contributed by atoms with Gasteiger partial charge in [-0.05, 0) is 47.9 Å². The highest BCUT2D eigenvalue weighted by molar-refractivity contribution is 6.08. The molecule has 2 aromatic carbocycles. The number of benzene rings is 2. The lowest BCUT2D eigenvalue weighted by atomic mass is 10.1. The molecule has 1 amide bonds. The summed E-state index contributed by atoms with van der Waals surface area (Å²) >= 11 is 0. The third-order valence-corrected chi connectivity index (χ3v) is 4.65. The van der Waals surface area contributed by atoms with Crippen molar-refractivity contribution >= 4 is 27.8 Å². The molecule has 0 radical (unpaired) electrons. The number of carbonyl (C=O) groups excluding carboxylic acids is 1. The molecule has 5 nitrogen and oxygen atoms in total. The van der Waals surface area contributed by atoms with Crippen LogP contribution < -0.4 is 5.32 Å². The van der Waals surface area contributed by atoms with E-state index in [9.17, 15) is 18.0 Å². The number of carbonyl (C=O) groups is 1. The number of hydrogen-bond acceptors (Lipinski definition) is 2. The molecule has 4 aromatic rings. The van der Waals surface area contributed by atoms with Gasteiger partial charge in [-0.25, -0.2) is 0 Å². The molecular weight excluding hydrogens is 381 g/mol. The summed E-state index contributed by atoms with van der Waals surface area (Å²) in [6.45, 7) is 0.270. The molecule has 0 aliphatic heterocycles. The molecule has 0 aliphatic carbocycles. The van der Waals surface area contributed by atoms with Gasteiger partial charge in [0, 0.05) is 36.2 Å². The minimum absolute atomic E-state index is 0.270. The number of nitrogens with zero attached hydrogens (tertiary/aromatic N) is 3. The van der Waals surface area contributed by atoms with Gasteiger partial charge >= 0.3 is 6.18 Å². The van der Waals surface area contributed by atoms with Crippen molar-refractivity contribution in [1.82, 2.24) is 19.7 Å². The number of alkyl halides is 3. The lowest BCUT2D eigenvalue weighted by Crippen LogP contribution is -2.20. The first-order chi connectivity index (χ1) is 13.8.